The summed E-state index contributed by atoms with van der Waals surface area (Å²) in [5, 5.41) is 3.28. The van der Waals surface area contributed by atoms with Crippen molar-refractivity contribution in [1.29, 1.82) is 0 Å². The molecule has 106 valence electrons. The number of amides is 1. The van der Waals surface area contributed by atoms with Gasteiger partial charge >= 0.3 is 0 Å². The number of aryl methyl sites for hydroxylation is 2. The normalized spacial score (nSPS) is 10.8. The predicted molar refractivity (Wildman–Crippen MR) is 77.8 cm³/mol. The zero-order valence-electron chi connectivity index (χ0n) is 11.6. The number of rotatable bonds is 2. The molecule has 0 spiro atoms. The summed E-state index contributed by atoms with van der Waals surface area (Å²) in [6, 6.07) is 8.24. The van der Waals surface area contributed by atoms with E-state index in [1.54, 1.807) is 31.3 Å². The molecule has 0 aliphatic rings. The fourth-order valence-corrected chi connectivity index (χ4v) is 2.21. The Labute approximate surface area is 120 Å². The van der Waals surface area contributed by atoms with Gasteiger partial charge in [0.1, 0.15) is 5.82 Å². The third-order valence-corrected chi connectivity index (χ3v) is 3.36. The second-order valence-electron chi connectivity index (χ2n) is 4.80. The van der Waals surface area contributed by atoms with Crippen molar-refractivity contribution in [3.05, 3.63) is 59.2 Å². The molecule has 0 bridgehead atoms. The number of anilines is 1. The lowest BCUT2D eigenvalue weighted by molar-refractivity contribution is 0.0997. The number of nitrogens with one attached hydrogen (secondary N) is 1. The molecule has 0 fully saturated rings. The van der Waals surface area contributed by atoms with Crippen molar-refractivity contribution in [2.45, 2.75) is 13.8 Å². The van der Waals surface area contributed by atoms with Crippen LogP contribution in [0.4, 0.5) is 10.2 Å². The lowest BCUT2D eigenvalue weighted by Gasteiger charge is -2.05. The van der Waals surface area contributed by atoms with E-state index in [-0.39, 0.29) is 11.3 Å². The van der Waals surface area contributed by atoms with Crippen molar-refractivity contribution in [3.63, 3.8) is 0 Å². The van der Waals surface area contributed by atoms with E-state index in [4.69, 9.17) is 4.42 Å². The number of hydrogen-bond donors (Lipinski definition) is 1. The maximum absolute atomic E-state index is 13.7. The molecule has 1 amide bonds. The van der Waals surface area contributed by atoms with Gasteiger partial charge in [-0.15, -0.1) is 0 Å². The fourth-order valence-electron chi connectivity index (χ4n) is 2.21. The Hall–Kier alpha value is -2.69. The molecule has 0 unspecified atom stereocenters. The molecule has 3 rings (SSSR count). The van der Waals surface area contributed by atoms with E-state index >= 15 is 0 Å². The molecule has 3 aromatic rings. The Morgan fingerprint density at radius 1 is 1.24 bits per heavy atom. The van der Waals surface area contributed by atoms with Gasteiger partial charge < -0.3 is 9.73 Å². The van der Waals surface area contributed by atoms with Gasteiger partial charge in [-0.1, -0.05) is 18.2 Å². The second kappa shape index (κ2) is 5.01. The second-order valence-corrected chi connectivity index (χ2v) is 4.80. The number of halogens is 1. The molecule has 4 nitrogen and oxygen atoms in total. The van der Waals surface area contributed by atoms with Crippen molar-refractivity contribution in [3.8, 4) is 0 Å². The van der Waals surface area contributed by atoms with Crippen LogP contribution in [0.15, 0.2) is 40.9 Å². The summed E-state index contributed by atoms with van der Waals surface area (Å²) in [6.07, 6.45) is 1.59. The van der Waals surface area contributed by atoms with E-state index in [0.717, 1.165) is 5.56 Å². The molecule has 0 atom stereocenters. The van der Waals surface area contributed by atoms with Crippen LogP contribution in [0, 0.1) is 19.7 Å². The van der Waals surface area contributed by atoms with Crippen molar-refractivity contribution in [2.75, 3.05) is 5.32 Å². The third-order valence-electron chi connectivity index (χ3n) is 3.36. The van der Waals surface area contributed by atoms with E-state index in [9.17, 15) is 9.18 Å². The van der Waals surface area contributed by atoms with Gasteiger partial charge in [0, 0.05) is 17.1 Å². The first-order chi connectivity index (χ1) is 10.1. The van der Waals surface area contributed by atoms with Crippen LogP contribution in [0.1, 0.15) is 21.7 Å². The van der Waals surface area contributed by atoms with E-state index < -0.39 is 11.7 Å². The van der Waals surface area contributed by atoms with Crippen molar-refractivity contribution >= 4 is 22.7 Å². The first-order valence-corrected chi connectivity index (χ1v) is 6.48. The number of hydrogen-bond acceptors (Lipinski definition) is 3. The fraction of sp³-hybridized carbons (Fsp3) is 0.125. The Morgan fingerprint density at radius 3 is 2.76 bits per heavy atom. The van der Waals surface area contributed by atoms with Gasteiger partial charge in [0.15, 0.2) is 17.2 Å². The Kier molecular flexibility index (Phi) is 3.17. The molecule has 0 radical (unpaired) electrons. The number of para-hydroxylation sites is 1. The van der Waals surface area contributed by atoms with Crippen LogP contribution in [-0.4, -0.2) is 10.9 Å². The Morgan fingerprint density at radius 2 is 2.05 bits per heavy atom. The van der Waals surface area contributed by atoms with Crippen LogP contribution >= 0.6 is 0 Å². The number of furan rings is 1. The van der Waals surface area contributed by atoms with Gasteiger partial charge in [-0.3, -0.25) is 4.79 Å². The zero-order chi connectivity index (χ0) is 15.0. The summed E-state index contributed by atoms with van der Waals surface area (Å²) in [5.74, 6) is -0.364. The molecule has 1 N–H and O–H groups in total. The number of fused-ring (bicyclic) bond motifs is 1. The molecule has 5 heteroatoms. The van der Waals surface area contributed by atoms with Gasteiger partial charge in [0.05, 0.1) is 0 Å². The molecule has 0 aliphatic heterocycles. The highest BCUT2D eigenvalue weighted by Crippen LogP contribution is 2.27. The summed E-state index contributed by atoms with van der Waals surface area (Å²) < 4.78 is 19.1. The highest BCUT2D eigenvalue weighted by atomic mass is 19.1. The van der Waals surface area contributed by atoms with Gasteiger partial charge in [-0.25, -0.2) is 9.37 Å². The maximum Gasteiger partial charge on any atom is 0.292 e. The van der Waals surface area contributed by atoms with Crippen LogP contribution in [0.3, 0.4) is 0 Å². The lowest BCUT2D eigenvalue weighted by Crippen LogP contribution is -2.14. The summed E-state index contributed by atoms with van der Waals surface area (Å²) in [5.41, 5.74) is 1.54. The van der Waals surface area contributed by atoms with E-state index in [1.807, 2.05) is 13.0 Å². The molecule has 0 saturated carbocycles. The minimum absolute atomic E-state index is 0.0953. The number of carbonyl (C=O) groups is 1. The maximum atomic E-state index is 13.7. The molecule has 2 aromatic heterocycles. The molecule has 0 aliphatic carbocycles. The number of pyridine rings is 1. The SMILES string of the molecule is Cc1cccnc1NC(=O)c1oc2c(F)cccc2c1C. The number of benzene rings is 1. The zero-order valence-corrected chi connectivity index (χ0v) is 11.6. The van der Waals surface area contributed by atoms with Crippen LogP contribution in [0.2, 0.25) is 0 Å². The minimum Gasteiger partial charge on any atom is -0.448 e. The summed E-state index contributed by atoms with van der Waals surface area (Å²) in [4.78, 5) is 16.4. The van der Waals surface area contributed by atoms with Gasteiger partial charge in [-0.2, -0.15) is 0 Å². The standard InChI is InChI=1S/C16H13FN2O2/c1-9-5-4-8-18-15(9)19-16(20)13-10(2)11-6-3-7-12(17)14(11)21-13/h3-8H,1-2H3,(H,18,19,20). The van der Waals surface area contributed by atoms with E-state index in [1.165, 1.54) is 6.07 Å². The highest BCUT2D eigenvalue weighted by Gasteiger charge is 2.20. The number of nitrogens with zero attached hydrogens (tertiary/aromatic N) is 1. The molecule has 21 heavy (non-hydrogen) atoms. The first kappa shape index (κ1) is 13.3. The average Bonchev–Trinajstić information content (AvgIpc) is 2.81. The topological polar surface area (TPSA) is 55.1 Å². The lowest BCUT2D eigenvalue weighted by atomic mass is 10.1. The molecule has 1 aromatic carbocycles. The van der Waals surface area contributed by atoms with Crippen LogP contribution < -0.4 is 5.32 Å². The van der Waals surface area contributed by atoms with Gasteiger partial charge in [0.25, 0.3) is 5.91 Å². The third kappa shape index (κ3) is 2.27. The molecular weight excluding hydrogens is 271 g/mol. The van der Waals surface area contributed by atoms with Gasteiger partial charge in [-0.05, 0) is 31.5 Å². The van der Waals surface area contributed by atoms with Crippen LogP contribution in [0.5, 0.6) is 0 Å². The monoisotopic (exact) mass is 284 g/mol. The van der Waals surface area contributed by atoms with Gasteiger partial charge in [0.2, 0.25) is 0 Å². The summed E-state index contributed by atoms with van der Waals surface area (Å²) in [7, 11) is 0. The highest BCUT2D eigenvalue weighted by molar-refractivity contribution is 6.06. The van der Waals surface area contributed by atoms with E-state index in [2.05, 4.69) is 10.3 Å². The minimum atomic E-state index is -0.483. The summed E-state index contributed by atoms with van der Waals surface area (Å²) >= 11 is 0. The molecular formula is C16H13FN2O2. The largest absolute Gasteiger partial charge is 0.448 e. The Balaban J connectivity index is 2.01. The number of carbonyl (C=O) groups excluding carboxylic acids is 1. The molecule has 2 heterocycles. The predicted octanol–water partition coefficient (Wildman–Crippen LogP) is 3.84. The van der Waals surface area contributed by atoms with Crippen molar-refractivity contribution in [2.24, 2.45) is 0 Å². The Bertz CT molecular complexity index is 839. The van der Waals surface area contributed by atoms with Crippen molar-refractivity contribution < 1.29 is 13.6 Å². The quantitative estimate of drug-likeness (QED) is 0.778. The van der Waals surface area contributed by atoms with Crippen LogP contribution in [-0.2, 0) is 0 Å². The van der Waals surface area contributed by atoms with Crippen molar-refractivity contribution in [1.82, 2.24) is 4.98 Å². The smallest absolute Gasteiger partial charge is 0.292 e. The molecule has 0 saturated heterocycles. The summed E-state index contributed by atoms with van der Waals surface area (Å²) in [6.45, 7) is 3.57. The van der Waals surface area contributed by atoms with Crippen LogP contribution in [0.25, 0.3) is 11.0 Å². The van der Waals surface area contributed by atoms with E-state index in [0.29, 0.717) is 16.8 Å². The average molecular weight is 284 g/mol. The first-order valence-electron chi connectivity index (χ1n) is 6.48. The number of aromatic nitrogens is 1.